The van der Waals surface area contributed by atoms with Crippen molar-refractivity contribution in [2.24, 2.45) is 5.73 Å². The van der Waals surface area contributed by atoms with Crippen molar-refractivity contribution in [2.75, 3.05) is 5.06 Å². The Bertz CT molecular complexity index is 798. The maximum absolute atomic E-state index is 11.7. The van der Waals surface area contributed by atoms with Crippen molar-refractivity contribution in [3.8, 4) is 5.75 Å². The lowest BCUT2D eigenvalue weighted by molar-refractivity contribution is -0.125. The number of nitrogens with two attached hydrogens (primary N) is 1. The van der Waals surface area contributed by atoms with Crippen LogP contribution < -0.4 is 20.9 Å². The number of aromatic nitrogens is 1. The van der Waals surface area contributed by atoms with E-state index in [0.717, 1.165) is 16.8 Å². The summed E-state index contributed by atoms with van der Waals surface area (Å²) >= 11 is 0. The third-order valence-electron chi connectivity index (χ3n) is 4.08. The Labute approximate surface area is 132 Å². The van der Waals surface area contributed by atoms with Gasteiger partial charge in [0.25, 0.3) is 5.91 Å². The van der Waals surface area contributed by atoms with Gasteiger partial charge < -0.3 is 20.8 Å². The number of hydrogen-bond acceptors (Lipinski definition) is 5. The van der Waals surface area contributed by atoms with Gasteiger partial charge in [-0.3, -0.25) is 10.0 Å². The highest BCUT2D eigenvalue weighted by Crippen LogP contribution is 2.32. The second kappa shape index (κ2) is 5.15. The summed E-state index contributed by atoms with van der Waals surface area (Å²) in [5, 5.41) is 13.6. The molecule has 2 unspecified atom stereocenters. The van der Waals surface area contributed by atoms with Gasteiger partial charge in [0.2, 0.25) is 6.23 Å². The average Bonchev–Trinajstić information content (AvgIpc) is 3.02. The highest BCUT2D eigenvalue weighted by Gasteiger charge is 2.30. The predicted octanol–water partition coefficient (Wildman–Crippen LogP) is 1.27. The number of anilines is 1. The molecule has 1 aromatic carbocycles. The standard InChI is InChI=1S/C16H16N4O3/c17-12-8-10-7-11(1-2-13(10)20(22)16(12)21)23-15-14-9(3-5-18-14)4-6-19-15/h1-7,12,15,18-19,22H,8,17H2. The lowest BCUT2D eigenvalue weighted by Crippen LogP contribution is -2.47. The summed E-state index contributed by atoms with van der Waals surface area (Å²) in [6, 6.07) is 6.41. The minimum Gasteiger partial charge on any atom is -0.465 e. The molecule has 0 bridgehead atoms. The van der Waals surface area contributed by atoms with E-state index in [2.05, 4.69) is 10.3 Å². The Kier molecular flexibility index (Phi) is 3.10. The zero-order chi connectivity index (χ0) is 16.0. The van der Waals surface area contributed by atoms with Crippen molar-refractivity contribution in [2.45, 2.75) is 18.7 Å². The molecule has 7 heteroatoms. The highest BCUT2D eigenvalue weighted by molar-refractivity contribution is 5.98. The van der Waals surface area contributed by atoms with Gasteiger partial charge in [0.15, 0.2) is 0 Å². The Balaban J connectivity index is 1.61. The minimum absolute atomic E-state index is 0.327. The van der Waals surface area contributed by atoms with Crippen LogP contribution in [0.3, 0.4) is 0 Å². The lowest BCUT2D eigenvalue weighted by Gasteiger charge is -2.28. The molecule has 2 aliphatic rings. The van der Waals surface area contributed by atoms with Gasteiger partial charge in [-0.05, 0) is 42.3 Å². The first-order valence-corrected chi connectivity index (χ1v) is 7.31. The fraction of sp³-hybridized carbons (Fsp3) is 0.188. The molecule has 2 atom stereocenters. The molecular weight excluding hydrogens is 296 g/mol. The van der Waals surface area contributed by atoms with Crippen LogP contribution in [0.2, 0.25) is 0 Å². The number of benzene rings is 1. The Morgan fingerprint density at radius 1 is 1.35 bits per heavy atom. The molecule has 0 saturated heterocycles. The van der Waals surface area contributed by atoms with E-state index in [1.807, 2.05) is 24.5 Å². The first kappa shape index (κ1) is 13.9. The fourth-order valence-corrected chi connectivity index (χ4v) is 2.91. The number of H-pyrrole nitrogens is 1. The summed E-state index contributed by atoms with van der Waals surface area (Å²) in [6.45, 7) is 0. The molecule has 0 aliphatic carbocycles. The molecule has 23 heavy (non-hydrogen) atoms. The van der Waals surface area contributed by atoms with Gasteiger partial charge in [-0.15, -0.1) is 0 Å². The summed E-state index contributed by atoms with van der Waals surface area (Å²) in [4.78, 5) is 14.9. The van der Waals surface area contributed by atoms with Crippen LogP contribution in [0, 0.1) is 0 Å². The van der Waals surface area contributed by atoms with Crippen LogP contribution in [-0.4, -0.2) is 22.1 Å². The van der Waals surface area contributed by atoms with E-state index in [-0.39, 0.29) is 6.23 Å². The first-order valence-electron chi connectivity index (χ1n) is 7.31. The quantitative estimate of drug-likeness (QED) is 0.625. The van der Waals surface area contributed by atoms with Crippen molar-refractivity contribution >= 4 is 17.7 Å². The largest absolute Gasteiger partial charge is 0.465 e. The van der Waals surface area contributed by atoms with E-state index < -0.39 is 11.9 Å². The molecular formula is C16H16N4O3. The van der Waals surface area contributed by atoms with Crippen LogP contribution in [0.25, 0.3) is 6.08 Å². The summed E-state index contributed by atoms with van der Waals surface area (Å²) in [5.41, 5.74) is 8.98. The molecule has 118 valence electrons. The smallest absolute Gasteiger partial charge is 0.267 e. The van der Waals surface area contributed by atoms with Crippen molar-refractivity contribution < 1.29 is 14.7 Å². The van der Waals surface area contributed by atoms with Gasteiger partial charge in [0, 0.05) is 18.0 Å². The number of hydroxylamine groups is 1. The SMILES string of the molecule is NC1Cc2cc(OC3NC=Cc4cc[nH]c43)ccc2N(O)C1=O. The van der Waals surface area contributed by atoms with E-state index in [0.29, 0.717) is 22.9 Å². The average molecular weight is 312 g/mol. The van der Waals surface area contributed by atoms with Gasteiger partial charge in [0.05, 0.1) is 17.4 Å². The number of nitrogens with one attached hydrogen (secondary N) is 2. The molecule has 0 fully saturated rings. The minimum atomic E-state index is -0.742. The van der Waals surface area contributed by atoms with Gasteiger partial charge >= 0.3 is 0 Å². The maximum Gasteiger partial charge on any atom is 0.267 e. The van der Waals surface area contributed by atoms with Crippen LogP contribution in [0.15, 0.2) is 36.7 Å². The van der Waals surface area contributed by atoms with E-state index in [1.165, 1.54) is 0 Å². The van der Waals surface area contributed by atoms with E-state index in [4.69, 9.17) is 10.5 Å². The van der Waals surface area contributed by atoms with Crippen molar-refractivity contribution in [3.05, 3.63) is 53.5 Å². The van der Waals surface area contributed by atoms with Gasteiger partial charge in [-0.2, -0.15) is 5.06 Å². The predicted molar refractivity (Wildman–Crippen MR) is 83.7 cm³/mol. The third-order valence-corrected chi connectivity index (χ3v) is 4.08. The summed E-state index contributed by atoms with van der Waals surface area (Å²) in [6.07, 6.45) is 5.70. The third kappa shape index (κ3) is 2.26. The molecule has 4 rings (SSSR count). The molecule has 0 saturated carbocycles. The van der Waals surface area contributed by atoms with Crippen LogP contribution >= 0.6 is 0 Å². The number of aromatic amines is 1. The number of ether oxygens (including phenoxy) is 1. The molecule has 0 spiro atoms. The van der Waals surface area contributed by atoms with Gasteiger partial charge in [-0.25, -0.2) is 0 Å². The zero-order valence-corrected chi connectivity index (χ0v) is 12.2. The number of hydrogen-bond donors (Lipinski definition) is 4. The summed E-state index contributed by atoms with van der Waals surface area (Å²) < 4.78 is 5.98. The molecule has 0 radical (unpaired) electrons. The molecule has 1 aromatic heterocycles. The van der Waals surface area contributed by atoms with Crippen LogP contribution in [0.4, 0.5) is 5.69 Å². The van der Waals surface area contributed by atoms with E-state index in [1.54, 1.807) is 18.2 Å². The number of nitrogens with zero attached hydrogens (tertiary/aromatic N) is 1. The molecule has 3 heterocycles. The molecule has 7 nitrogen and oxygen atoms in total. The highest BCUT2D eigenvalue weighted by atomic mass is 16.5. The molecule has 2 aliphatic heterocycles. The van der Waals surface area contributed by atoms with Gasteiger partial charge in [0.1, 0.15) is 5.75 Å². The Morgan fingerprint density at radius 2 is 2.22 bits per heavy atom. The summed E-state index contributed by atoms with van der Waals surface area (Å²) in [5.74, 6) is 0.133. The van der Waals surface area contributed by atoms with Crippen LogP contribution in [-0.2, 0) is 11.2 Å². The Hall–Kier alpha value is -2.77. The van der Waals surface area contributed by atoms with E-state index in [9.17, 15) is 10.0 Å². The molecule has 2 aromatic rings. The number of rotatable bonds is 2. The molecule has 5 N–H and O–H groups in total. The van der Waals surface area contributed by atoms with Crippen LogP contribution in [0.1, 0.15) is 23.0 Å². The normalized spacial score (nSPS) is 22.3. The second-order valence-electron chi connectivity index (χ2n) is 5.60. The second-order valence-corrected chi connectivity index (χ2v) is 5.60. The molecule has 1 amide bonds. The maximum atomic E-state index is 11.7. The number of fused-ring (bicyclic) bond motifs is 2. The van der Waals surface area contributed by atoms with Crippen LogP contribution in [0.5, 0.6) is 5.75 Å². The van der Waals surface area contributed by atoms with Crippen molar-refractivity contribution in [1.29, 1.82) is 0 Å². The first-order chi connectivity index (χ1) is 11.1. The fourth-order valence-electron chi connectivity index (χ4n) is 2.91. The summed E-state index contributed by atoms with van der Waals surface area (Å²) in [7, 11) is 0. The Morgan fingerprint density at radius 3 is 3.09 bits per heavy atom. The monoisotopic (exact) mass is 312 g/mol. The number of carbonyl (C=O) groups excluding carboxylic acids is 1. The van der Waals surface area contributed by atoms with Gasteiger partial charge in [-0.1, -0.05) is 0 Å². The zero-order valence-electron chi connectivity index (χ0n) is 12.2. The van der Waals surface area contributed by atoms with Crippen molar-refractivity contribution in [1.82, 2.24) is 10.3 Å². The topological polar surface area (TPSA) is 104 Å². The van der Waals surface area contributed by atoms with Crippen molar-refractivity contribution in [3.63, 3.8) is 0 Å². The number of amides is 1. The van der Waals surface area contributed by atoms with E-state index >= 15 is 0 Å². The lowest BCUT2D eigenvalue weighted by atomic mass is 9.99. The number of carbonyl (C=O) groups is 1.